The minimum atomic E-state index is 0.0750. The summed E-state index contributed by atoms with van der Waals surface area (Å²) < 4.78 is 2.51. The normalized spacial score (nSPS) is 24.5. The quantitative estimate of drug-likeness (QED) is 0.430. The molecule has 3 heterocycles. The first-order valence-electron chi connectivity index (χ1n) is 10.4. The van der Waals surface area contributed by atoms with Gasteiger partial charge in [-0.25, -0.2) is 0 Å². The Bertz CT molecular complexity index is 1150. The highest BCUT2D eigenvalue weighted by atomic mass is 16.7. The number of hydroxylamine groups is 2. The van der Waals surface area contributed by atoms with Gasteiger partial charge in [-0.2, -0.15) is 5.06 Å². The maximum Gasteiger partial charge on any atom is 0.111 e. The smallest absolute Gasteiger partial charge is 0.111 e. The van der Waals surface area contributed by atoms with Gasteiger partial charge in [0, 0.05) is 23.7 Å². The van der Waals surface area contributed by atoms with Crippen LogP contribution in [0.1, 0.15) is 41.9 Å². The summed E-state index contributed by atoms with van der Waals surface area (Å²) in [6.45, 7) is 3.25. The van der Waals surface area contributed by atoms with E-state index >= 15 is 0 Å². The molecular formula is C26H24N2O. The molecule has 0 radical (unpaired) electrons. The van der Waals surface area contributed by atoms with E-state index < -0.39 is 0 Å². The molecule has 3 aromatic carbocycles. The van der Waals surface area contributed by atoms with Crippen molar-refractivity contribution in [3.05, 3.63) is 108 Å². The Morgan fingerprint density at radius 2 is 1.55 bits per heavy atom. The Kier molecular flexibility index (Phi) is 3.86. The van der Waals surface area contributed by atoms with Crippen molar-refractivity contribution in [3.63, 3.8) is 0 Å². The first-order chi connectivity index (χ1) is 14.3. The second-order valence-corrected chi connectivity index (χ2v) is 8.23. The average molecular weight is 380 g/mol. The Morgan fingerprint density at radius 3 is 2.34 bits per heavy atom. The summed E-state index contributed by atoms with van der Waals surface area (Å²) in [5.74, 6) is 0.406. The summed E-state index contributed by atoms with van der Waals surface area (Å²) in [7, 11) is 0. The molecule has 29 heavy (non-hydrogen) atoms. The summed E-state index contributed by atoms with van der Waals surface area (Å²) in [5.41, 5.74) is 5.25. The second-order valence-electron chi connectivity index (χ2n) is 8.23. The van der Waals surface area contributed by atoms with Gasteiger partial charge in [0.1, 0.15) is 6.10 Å². The lowest BCUT2D eigenvalue weighted by Crippen LogP contribution is -2.26. The highest BCUT2D eigenvalue weighted by Gasteiger charge is 2.51. The van der Waals surface area contributed by atoms with Crippen molar-refractivity contribution in [1.82, 2.24) is 9.63 Å². The molecule has 0 unspecified atom stereocenters. The molecule has 144 valence electrons. The van der Waals surface area contributed by atoms with Crippen LogP contribution in [0, 0.1) is 5.92 Å². The van der Waals surface area contributed by atoms with E-state index in [0.717, 1.165) is 6.54 Å². The Labute approximate surface area is 171 Å². The van der Waals surface area contributed by atoms with Crippen molar-refractivity contribution in [2.75, 3.05) is 0 Å². The van der Waals surface area contributed by atoms with Crippen molar-refractivity contribution >= 4 is 10.9 Å². The number of aromatic nitrogens is 1. The predicted molar refractivity (Wildman–Crippen MR) is 115 cm³/mol. The molecule has 1 saturated heterocycles. The molecule has 4 atom stereocenters. The van der Waals surface area contributed by atoms with E-state index in [9.17, 15) is 0 Å². The number of hydrogen-bond donors (Lipinski definition) is 0. The lowest BCUT2D eigenvalue weighted by atomic mass is 9.90. The first-order valence-corrected chi connectivity index (χ1v) is 10.4. The van der Waals surface area contributed by atoms with Crippen LogP contribution in [0.25, 0.3) is 10.9 Å². The van der Waals surface area contributed by atoms with E-state index in [2.05, 4.69) is 108 Å². The summed E-state index contributed by atoms with van der Waals surface area (Å²) in [5, 5.41) is 3.58. The molecule has 0 saturated carbocycles. The number of benzene rings is 3. The molecule has 0 spiro atoms. The van der Waals surface area contributed by atoms with Gasteiger partial charge in [-0.1, -0.05) is 78.9 Å². The number of rotatable bonds is 3. The van der Waals surface area contributed by atoms with Gasteiger partial charge in [-0.15, -0.1) is 0 Å². The lowest BCUT2D eigenvalue weighted by Gasteiger charge is -2.28. The van der Waals surface area contributed by atoms with Gasteiger partial charge in [-0.05, 0) is 35.6 Å². The molecule has 0 aliphatic carbocycles. The van der Waals surface area contributed by atoms with Crippen LogP contribution in [0.4, 0.5) is 0 Å². The van der Waals surface area contributed by atoms with E-state index in [0.29, 0.717) is 5.92 Å². The van der Waals surface area contributed by atoms with Gasteiger partial charge in [0.15, 0.2) is 0 Å². The molecule has 0 N–H and O–H groups in total. The number of hydrogen-bond acceptors (Lipinski definition) is 2. The average Bonchev–Trinajstić information content (AvgIpc) is 3.43. The van der Waals surface area contributed by atoms with Crippen LogP contribution in [-0.2, 0) is 11.4 Å². The van der Waals surface area contributed by atoms with Crippen LogP contribution in [-0.4, -0.2) is 9.63 Å². The van der Waals surface area contributed by atoms with E-state index in [1.54, 1.807) is 0 Å². The van der Waals surface area contributed by atoms with Gasteiger partial charge in [0.05, 0.1) is 12.1 Å². The Hall–Kier alpha value is -2.88. The van der Waals surface area contributed by atoms with Gasteiger partial charge >= 0.3 is 0 Å². The third kappa shape index (κ3) is 2.58. The summed E-state index contributed by atoms with van der Waals surface area (Å²) >= 11 is 0. The molecule has 4 aromatic rings. The van der Waals surface area contributed by atoms with E-state index in [4.69, 9.17) is 4.84 Å². The molecule has 2 aliphatic rings. The topological polar surface area (TPSA) is 17.4 Å². The zero-order chi connectivity index (χ0) is 19.4. The number of fused-ring (bicyclic) bond motifs is 5. The van der Waals surface area contributed by atoms with Gasteiger partial charge in [0.25, 0.3) is 0 Å². The van der Waals surface area contributed by atoms with Gasteiger partial charge in [-0.3, -0.25) is 4.84 Å². The zero-order valence-electron chi connectivity index (χ0n) is 16.5. The minimum Gasteiger partial charge on any atom is -0.342 e. The molecule has 0 bridgehead atoms. The van der Waals surface area contributed by atoms with Gasteiger partial charge in [0.2, 0.25) is 0 Å². The lowest BCUT2D eigenvalue weighted by molar-refractivity contribution is -0.192. The van der Waals surface area contributed by atoms with Crippen LogP contribution in [0.3, 0.4) is 0 Å². The molecule has 1 aromatic heterocycles. The van der Waals surface area contributed by atoms with Crippen molar-refractivity contribution in [2.24, 2.45) is 5.92 Å². The predicted octanol–water partition coefficient (Wildman–Crippen LogP) is 6.06. The van der Waals surface area contributed by atoms with Crippen LogP contribution in [0.15, 0.2) is 91.0 Å². The SMILES string of the molecule is C[C@H](c1ccccc1)N1O[C@@H](c2ccccc2)[C@@H]2Cn3c(cc4ccccc43)[C@@H]21. The van der Waals surface area contributed by atoms with Crippen molar-refractivity contribution in [3.8, 4) is 0 Å². The van der Waals surface area contributed by atoms with E-state index in [-0.39, 0.29) is 18.2 Å². The standard InChI is InChI=1S/C26H24N2O/c1-18(19-10-4-2-5-11-19)28-25-22(26(29-28)20-12-6-3-7-13-20)17-27-23-15-9-8-14-21(23)16-24(25)27/h2-16,18,22,25-26H,17H2,1H3/t18-,22-,25-,26+/m1/s1. The summed E-state index contributed by atoms with van der Waals surface area (Å²) in [6, 6.07) is 32.9. The fourth-order valence-corrected chi connectivity index (χ4v) is 5.23. The van der Waals surface area contributed by atoms with Gasteiger partial charge < -0.3 is 4.57 Å². The van der Waals surface area contributed by atoms with Crippen molar-refractivity contribution in [2.45, 2.75) is 31.7 Å². The first kappa shape index (κ1) is 17.0. The largest absolute Gasteiger partial charge is 0.342 e. The Balaban J connectivity index is 1.47. The van der Waals surface area contributed by atoms with Crippen molar-refractivity contribution in [1.29, 1.82) is 0 Å². The Morgan fingerprint density at radius 1 is 0.862 bits per heavy atom. The third-order valence-electron chi connectivity index (χ3n) is 6.63. The number of nitrogens with zero attached hydrogens (tertiary/aromatic N) is 2. The van der Waals surface area contributed by atoms with Crippen LogP contribution in [0.2, 0.25) is 0 Å². The highest BCUT2D eigenvalue weighted by molar-refractivity contribution is 5.82. The van der Waals surface area contributed by atoms with E-state index in [1.165, 1.54) is 27.7 Å². The summed E-state index contributed by atoms with van der Waals surface area (Å²) in [6.07, 6.45) is 0.0750. The van der Waals surface area contributed by atoms with Crippen LogP contribution < -0.4 is 0 Å². The van der Waals surface area contributed by atoms with Crippen molar-refractivity contribution < 1.29 is 4.84 Å². The zero-order valence-corrected chi connectivity index (χ0v) is 16.5. The molecule has 3 nitrogen and oxygen atoms in total. The summed E-state index contributed by atoms with van der Waals surface area (Å²) in [4.78, 5) is 6.70. The molecular weight excluding hydrogens is 356 g/mol. The maximum atomic E-state index is 6.70. The fraction of sp³-hybridized carbons (Fsp3) is 0.231. The monoisotopic (exact) mass is 380 g/mol. The van der Waals surface area contributed by atoms with Crippen LogP contribution in [0.5, 0.6) is 0 Å². The molecule has 0 amide bonds. The molecule has 2 aliphatic heterocycles. The molecule has 1 fully saturated rings. The molecule has 3 heteroatoms. The maximum absolute atomic E-state index is 6.70. The van der Waals surface area contributed by atoms with E-state index in [1.807, 2.05) is 0 Å². The second kappa shape index (κ2) is 6.58. The van der Waals surface area contributed by atoms with Crippen LogP contribution >= 0.6 is 0 Å². The third-order valence-corrected chi connectivity index (χ3v) is 6.63. The molecule has 6 rings (SSSR count). The fourth-order valence-electron chi connectivity index (χ4n) is 5.23. The highest BCUT2D eigenvalue weighted by Crippen LogP contribution is 2.55. The minimum absolute atomic E-state index is 0.0750. The number of para-hydroxylation sites is 1.